The molecule has 0 heterocycles. The minimum Gasteiger partial charge on any atom is -0.327 e. The second-order valence-electron chi connectivity index (χ2n) is 5.63. The number of rotatable bonds is 5. The minimum absolute atomic E-state index is 0.282. The van der Waals surface area contributed by atoms with Crippen LogP contribution in [0.1, 0.15) is 53.4 Å². The van der Waals surface area contributed by atoms with Gasteiger partial charge in [0.1, 0.15) is 0 Å². The van der Waals surface area contributed by atoms with Gasteiger partial charge in [0.15, 0.2) is 0 Å². The van der Waals surface area contributed by atoms with Crippen LogP contribution in [-0.4, -0.2) is 29.6 Å². The fourth-order valence-electron chi connectivity index (χ4n) is 2.61. The van der Waals surface area contributed by atoms with E-state index in [1.807, 2.05) is 0 Å². The Kier molecular flexibility index (Phi) is 5.07. The van der Waals surface area contributed by atoms with E-state index in [4.69, 9.17) is 5.73 Å². The topological polar surface area (TPSA) is 29.3 Å². The third-order valence-corrected chi connectivity index (χ3v) is 3.65. The molecule has 1 rings (SSSR count). The van der Waals surface area contributed by atoms with E-state index in [9.17, 15) is 0 Å². The van der Waals surface area contributed by atoms with Gasteiger partial charge in [-0.05, 0) is 32.6 Å². The van der Waals surface area contributed by atoms with E-state index in [1.54, 1.807) is 0 Å². The quantitative estimate of drug-likeness (QED) is 0.759. The first kappa shape index (κ1) is 13.0. The molecule has 0 amide bonds. The normalized spacial score (nSPS) is 22.6. The predicted molar refractivity (Wildman–Crippen MR) is 66.9 cm³/mol. The zero-order valence-electron chi connectivity index (χ0n) is 10.9. The summed E-state index contributed by atoms with van der Waals surface area (Å²) in [5.41, 5.74) is 6.04. The molecule has 0 saturated heterocycles. The molecule has 0 aromatic carbocycles. The van der Waals surface area contributed by atoms with Gasteiger partial charge in [0.2, 0.25) is 0 Å². The van der Waals surface area contributed by atoms with Crippen molar-refractivity contribution in [2.75, 3.05) is 6.54 Å². The first-order valence-corrected chi connectivity index (χ1v) is 6.53. The lowest BCUT2D eigenvalue weighted by molar-refractivity contribution is 0.114. The van der Waals surface area contributed by atoms with Crippen molar-refractivity contribution < 1.29 is 0 Å². The smallest absolute Gasteiger partial charge is 0.0219 e. The van der Waals surface area contributed by atoms with Crippen molar-refractivity contribution >= 4 is 0 Å². The molecule has 1 aliphatic rings. The molecular weight excluding hydrogens is 184 g/mol. The highest BCUT2D eigenvalue weighted by atomic mass is 15.2. The van der Waals surface area contributed by atoms with Crippen molar-refractivity contribution in [1.29, 1.82) is 0 Å². The van der Waals surface area contributed by atoms with Crippen LogP contribution >= 0.6 is 0 Å². The lowest BCUT2D eigenvalue weighted by Gasteiger charge is -2.37. The molecule has 2 heteroatoms. The molecule has 1 saturated carbocycles. The second kappa shape index (κ2) is 5.86. The van der Waals surface area contributed by atoms with Crippen LogP contribution in [-0.2, 0) is 0 Å². The molecule has 1 fully saturated rings. The van der Waals surface area contributed by atoms with Gasteiger partial charge in [0, 0.05) is 24.7 Å². The van der Waals surface area contributed by atoms with Crippen LogP contribution in [0.15, 0.2) is 0 Å². The molecule has 0 aromatic rings. The monoisotopic (exact) mass is 212 g/mol. The summed E-state index contributed by atoms with van der Waals surface area (Å²) in [6.07, 6.45) is 5.57. The van der Waals surface area contributed by atoms with E-state index in [0.717, 1.165) is 12.0 Å². The zero-order valence-corrected chi connectivity index (χ0v) is 10.9. The maximum atomic E-state index is 6.04. The minimum atomic E-state index is 0.282. The Morgan fingerprint density at radius 2 is 1.67 bits per heavy atom. The lowest BCUT2D eigenvalue weighted by atomic mass is 10.0. The van der Waals surface area contributed by atoms with Gasteiger partial charge in [-0.15, -0.1) is 0 Å². The summed E-state index contributed by atoms with van der Waals surface area (Å²) < 4.78 is 0. The third-order valence-electron chi connectivity index (χ3n) is 3.65. The highest BCUT2D eigenvalue weighted by Crippen LogP contribution is 2.26. The van der Waals surface area contributed by atoms with Gasteiger partial charge in [-0.25, -0.2) is 0 Å². The summed E-state index contributed by atoms with van der Waals surface area (Å²) in [4.78, 5) is 2.66. The Hall–Kier alpha value is -0.0800. The first-order chi connectivity index (χ1) is 7.02. The van der Waals surface area contributed by atoms with Crippen LogP contribution in [0.25, 0.3) is 0 Å². The average molecular weight is 212 g/mol. The van der Waals surface area contributed by atoms with Gasteiger partial charge in [0.05, 0.1) is 0 Å². The largest absolute Gasteiger partial charge is 0.327 e. The van der Waals surface area contributed by atoms with Crippen molar-refractivity contribution in [2.24, 2.45) is 11.7 Å². The standard InChI is InChI=1S/C13H28N2/c1-10(2)9-15(12(4)11(3)14)13-7-5-6-8-13/h10-13H,5-9,14H2,1-4H3. The third kappa shape index (κ3) is 3.76. The van der Waals surface area contributed by atoms with E-state index < -0.39 is 0 Å². The van der Waals surface area contributed by atoms with Crippen LogP contribution in [0, 0.1) is 5.92 Å². The Bertz CT molecular complexity index is 169. The van der Waals surface area contributed by atoms with Crippen molar-refractivity contribution in [3.05, 3.63) is 0 Å². The van der Waals surface area contributed by atoms with Gasteiger partial charge < -0.3 is 5.73 Å². The number of nitrogens with zero attached hydrogens (tertiary/aromatic N) is 1. The summed E-state index contributed by atoms with van der Waals surface area (Å²) in [5, 5.41) is 0. The van der Waals surface area contributed by atoms with Crippen molar-refractivity contribution in [3.63, 3.8) is 0 Å². The van der Waals surface area contributed by atoms with Crippen LogP contribution < -0.4 is 5.73 Å². The molecule has 0 aliphatic heterocycles. The van der Waals surface area contributed by atoms with Crippen molar-refractivity contribution in [1.82, 2.24) is 4.90 Å². The van der Waals surface area contributed by atoms with E-state index >= 15 is 0 Å². The molecule has 15 heavy (non-hydrogen) atoms. The number of hydrogen-bond acceptors (Lipinski definition) is 2. The number of hydrogen-bond donors (Lipinski definition) is 1. The molecule has 2 unspecified atom stereocenters. The van der Waals surface area contributed by atoms with Gasteiger partial charge >= 0.3 is 0 Å². The van der Waals surface area contributed by atoms with Crippen LogP contribution in [0.2, 0.25) is 0 Å². The van der Waals surface area contributed by atoms with E-state index in [1.165, 1.54) is 32.2 Å². The van der Waals surface area contributed by atoms with Gasteiger partial charge in [0.25, 0.3) is 0 Å². The van der Waals surface area contributed by atoms with Gasteiger partial charge in [-0.2, -0.15) is 0 Å². The average Bonchev–Trinajstić information content (AvgIpc) is 2.65. The van der Waals surface area contributed by atoms with Crippen LogP contribution in [0.3, 0.4) is 0 Å². The molecular formula is C13H28N2. The maximum absolute atomic E-state index is 6.04. The van der Waals surface area contributed by atoms with Crippen LogP contribution in [0.5, 0.6) is 0 Å². The Labute approximate surface area is 95.2 Å². The molecule has 2 N–H and O–H groups in total. The molecule has 2 atom stereocenters. The van der Waals surface area contributed by atoms with Crippen LogP contribution in [0.4, 0.5) is 0 Å². The lowest BCUT2D eigenvalue weighted by Crippen LogP contribution is -2.50. The molecule has 90 valence electrons. The summed E-state index contributed by atoms with van der Waals surface area (Å²) in [7, 11) is 0. The zero-order chi connectivity index (χ0) is 11.4. The summed E-state index contributed by atoms with van der Waals surface area (Å²) >= 11 is 0. The molecule has 0 bridgehead atoms. The fourth-order valence-corrected chi connectivity index (χ4v) is 2.61. The number of nitrogens with two attached hydrogens (primary N) is 1. The van der Waals surface area contributed by atoms with E-state index in [2.05, 4.69) is 32.6 Å². The summed E-state index contributed by atoms with van der Waals surface area (Å²) in [6.45, 7) is 10.2. The van der Waals surface area contributed by atoms with Crippen molar-refractivity contribution in [3.8, 4) is 0 Å². The second-order valence-corrected chi connectivity index (χ2v) is 5.63. The Morgan fingerprint density at radius 1 is 1.13 bits per heavy atom. The Balaban J connectivity index is 2.58. The fraction of sp³-hybridized carbons (Fsp3) is 1.00. The molecule has 2 nitrogen and oxygen atoms in total. The highest BCUT2D eigenvalue weighted by Gasteiger charge is 2.28. The van der Waals surface area contributed by atoms with E-state index in [-0.39, 0.29) is 6.04 Å². The molecule has 0 spiro atoms. The molecule has 0 radical (unpaired) electrons. The molecule has 1 aliphatic carbocycles. The van der Waals surface area contributed by atoms with E-state index in [0.29, 0.717) is 6.04 Å². The van der Waals surface area contributed by atoms with Crippen molar-refractivity contribution in [2.45, 2.75) is 71.5 Å². The van der Waals surface area contributed by atoms with Gasteiger partial charge in [-0.1, -0.05) is 26.7 Å². The highest BCUT2D eigenvalue weighted by molar-refractivity contribution is 4.84. The first-order valence-electron chi connectivity index (χ1n) is 6.53. The molecule has 0 aromatic heterocycles. The summed E-state index contributed by atoms with van der Waals surface area (Å²) in [5.74, 6) is 0.742. The maximum Gasteiger partial charge on any atom is 0.0219 e. The predicted octanol–water partition coefficient (Wildman–Crippen LogP) is 2.62. The van der Waals surface area contributed by atoms with Gasteiger partial charge in [-0.3, -0.25) is 4.90 Å². The SMILES string of the molecule is CC(C)CN(C1CCCC1)C(C)C(C)N. The Morgan fingerprint density at radius 3 is 2.07 bits per heavy atom. The summed E-state index contributed by atoms with van der Waals surface area (Å²) in [6, 6.07) is 1.60.